The number of aromatic amines is 1. The van der Waals surface area contributed by atoms with Crippen molar-refractivity contribution in [1.29, 1.82) is 0 Å². The van der Waals surface area contributed by atoms with Crippen molar-refractivity contribution < 1.29 is 19.4 Å². The molecule has 2 aromatic rings. The second kappa shape index (κ2) is 8.00. The number of amides is 1. The number of methoxy groups -OCH3 is 1. The van der Waals surface area contributed by atoms with Crippen molar-refractivity contribution >= 4 is 5.91 Å². The van der Waals surface area contributed by atoms with Crippen LogP contribution in [-0.2, 0) is 4.74 Å². The Morgan fingerprint density at radius 2 is 2.00 bits per heavy atom. The minimum atomic E-state index is -0.428. The Labute approximate surface area is 169 Å². The van der Waals surface area contributed by atoms with Crippen molar-refractivity contribution in [2.75, 3.05) is 20.2 Å². The first-order chi connectivity index (χ1) is 14.0. The molecule has 0 aliphatic carbocycles. The first kappa shape index (κ1) is 19.7. The van der Waals surface area contributed by atoms with Gasteiger partial charge in [-0.25, -0.2) is 0 Å². The van der Waals surface area contributed by atoms with E-state index in [-0.39, 0.29) is 28.9 Å². The van der Waals surface area contributed by atoms with E-state index < -0.39 is 11.7 Å². The molecule has 2 aliphatic heterocycles. The van der Waals surface area contributed by atoms with Gasteiger partial charge in [0.2, 0.25) is 5.43 Å². The van der Waals surface area contributed by atoms with Gasteiger partial charge in [0.25, 0.3) is 5.91 Å². The normalized spacial score (nSPS) is 23.7. The quantitative estimate of drug-likeness (QED) is 0.828. The monoisotopic (exact) mass is 398 g/mol. The third kappa shape index (κ3) is 4.06. The van der Waals surface area contributed by atoms with Crippen LogP contribution in [0.25, 0.3) is 0 Å². The summed E-state index contributed by atoms with van der Waals surface area (Å²) in [5.74, 6) is -0.0359. The van der Waals surface area contributed by atoms with E-state index in [4.69, 9.17) is 9.47 Å². The fourth-order valence-corrected chi connectivity index (χ4v) is 4.38. The molecule has 7 heteroatoms. The molecule has 154 valence electrons. The summed E-state index contributed by atoms with van der Waals surface area (Å²) in [5, 5.41) is 10.5. The molecule has 0 radical (unpaired) electrons. The second-order valence-corrected chi connectivity index (χ2v) is 7.87. The van der Waals surface area contributed by atoms with Gasteiger partial charge in [0.1, 0.15) is 5.69 Å². The Morgan fingerprint density at radius 3 is 2.66 bits per heavy atom. The number of carbonyl (C=O) groups is 1. The number of aliphatic hydroxyl groups excluding tert-OH is 1. The average Bonchev–Trinajstić information content (AvgIpc) is 2.74. The maximum Gasteiger partial charge on any atom is 0.270 e. The van der Waals surface area contributed by atoms with Crippen molar-refractivity contribution in [1.82, 2.24) is 9.88 Å². The topological polar surface area (TPSA) is 91.9 Å². The summed E-state index contributed by atoms with van der Waals surface area (Å²) < 4.78 is 11.4. The fraction of sp³-hybridized carbons (Fsp3) is 0.455. The van der Waals surface area contributed by atoms with Crippen molar-refractivity contribution in [2.45, 2.75) is 43.5 Å². The van der Waals surface area contributed by atoms with Gasteiger partial charge in [-0.05, 0) is 18.4 Å². The van der Waals surface area contributed by atoms with Gasteiger partial charge in [-0.3, -0.25) is 9.59 Å². The van der Waals surface area contributed by atoms with Crippen LogP contribution in [0.15, 0.2) is 47.4 Å². The van der Waals surface area contributed by atoms with Crippen LogP contribution in [0.2, 0.25) is 0 Å². The number of H-pyrrole nitrogens is 1. The van der Waals surface area contributed by atoms with Crippen molar-refractivity contribution in [3.05, 3.63) is 64.1 Å². The number of aliphatic hydroxyl groups is 1. The van der Waals surface area contributed by atoms with Gasteiger partial charge in [-0.15, -0.1) is 0 Å². The van der Waals surface area contributed by atoms with Gasteiger partial charge in [0.15, 0.2) is 5.75 Å². The van der Waals surface area contributed by atoms with Crippen LogP contribution in [0, 0.1) is 0 Å². The Kier molecular flexibility index (Phi) is 5.43. The van der Waals surface area contributed by atoms with Crippen molar-refractivity contribution in [2.24, 2.45) is 0 Å². The minimum Gasteiger partial charge on any atom is -0.491 e. The van der Waals surface area contributed by atoms with Gasteiger partial charge in [0.05, 0.1) is 24.9 Å². The Balaban J connectivity index is 1.44. The molecule has 1 aromatic heterocycles. The van der Waals surface area contributed by atoms with Crippen molar-refractivity contribution in [3.8, 4) is 5.75 Å². The molecule has 2 aliphatic rings. The first-order valence-electron chi connectivity index (χ1n) is 9.96. The third-order valence-corrected chi connectivity index (χ3v) is 5.95. The summed E-state index contributed by atoms with van der Waals surface area (Å²) >= 11 is 0. The predicted molar refractivity (Wildman–Crippen MR) is 107 cm³/mol. The number of piperidine rings is 1. The van der Waals surface area contributed by atoms with Gasteiger partial charge in [-0.2, -0.15) is 0 Å². The molecule has 3 heterocycles. The Hall–Kier alpha value is -2.64. The predicted octanol–water partition coefficient (Wildman–Crippen LogP) is 2.27. The van der Waals surface area contributed by atoms with E-state index in [1.54, 1.807) is 4.90 Å². The average molecular weight is 398 g/mol. The summed E-state index contributed by atoms with van der Waals surface area (Å²) in [6, 6.07) is 11.2. The van der Waals surface area contributed by atoms with Crippen LogP contribution < -0.4 is 10.2 Å². The molecular weight excluding hydrogens is 372 g/mol. The highest BCUT2D eigenvalue weighted by atomic mass is 16.5. The molecule has 2 N–H and O–H groups in total. The molecule has 29 heavy (non-hydrogen) atoms. The number of aromatic nitrogens is 1. The number of hydrogen-bond acceptors (Lipinski definition) is 5. The molecular formula is C22H26N2O5. The van der Waals surface area contributed by atoms with E-state index >= 15 is 0 Å². The summed E-state index contributed by atoms with van der Waals surface area (Å²) in [7, 11) is 1.41. The lowest BCUT2D eigenvalue weighted by molar-refractivity contribution is -0.181. The number of nitrogens with one attached hydrogen (secondary N) is 1. The van der Waals surface area contributed by atoms with Crippen LogP contribution in [0.3, 0.4) is 0 Å². The number of nitrogens with zero attached hydrogens (tertiary/aromatic N) is 1. The van der Waals surface area contributed by atoms with Crippen molar-refractivity contribution in [3.63, 3.8) is 0 Å². The van der Waals surface area contributed by atoms with Gasteiger partial charge in [-0.1, -0.05) is 30.3 Å². The van der Waals surface area contributed by atoms with Crippen LogP contribution in [0.4, 0.5) is 0 Å². The highest BCUT2D eigenvalue weighted by Gasteiger charge is 2.44. The number of hydrogen-bond donors (Lipinski definition) is 2. The maximum absolute atomic E-state index is 12.8. The standard InChI is InChI=1S/C22H26N2O5/c1-28-20-14-23-17(12-18(20)26)21(27)24-9-7-22(8-10-24)13-16(25)11-19(29-22)15-5-3-2-4-6-15/h2-6,12,14,16,19,25H,7-11,13H2,1H3,(H,23,26)/t16-,19+/m0/s1. The summed E-state index contributed by atoms with van der Waals surface area (Å²) in [6.45, 7) is 1.03. The number of carbonyl (C=O) groups excluding carboxylic acids is 1. The van der Waals surface area contributed by atoms with E-state index in [1.807, 2.05) is 30.3 Å². The highest BCUT2D eigenvalue weighted by molar-refractivity contribution is 5.92. The largest absolute Gasteiger partial charge is 0.491 e. The van der Waals surface area contributed by atoms with E-state index in [2.05, 4.69) is 4.98 Å². The zero-order chi connectivity index (χ0) is 20.4. The number of rotatable bonds is 3. The molecule has 7 nitrogen and oxygen atoms in total. The third-order valence-electron chi connectivity index (χ3n) is 5.95. The molecule has 2 fully saturated rings. The zero-order valence-electron chi connectivity index (χ0n) is 16.5. The molecule has 0 saturated carbocycles. The van der Waals surface area contributed by atoms with Crippen LogP contribution in [-0.4, -0.2) is 52.8 Å². The van der Waals surface area contributed by atoms with Gasteiger partial charge >= 0.3 is 0 Å². The molecule has 1 spiro atoms. The minimum absolute atomic E-state index is 0.139. The highest BCUT2D eigenvalue weighted by Crippen LogP contribution is 2.43. The van der Waals surface area contributed by atoms with Crippen LogP contribution >= 0.6 is 0 Å². The van der Waals surface area contributed by atoms with E-state index in [0.717, 1.165) is 5.56 Å². The SMILES string of the molecule is COc1c[nH]c(C(=O)N2CCC3(CC2)C[C@@H](O)C[C@H](c2ccccc2)O3)cc1=O. The summed E-state index contributed by atoms with van der Waals surface area (Å²) in [4.78, 5) is 29.3. The van der Waals surface area contributed by atoms with Crippen LogP contribution in [0.5, 0.6) is 5.75 Å². The number of benzene rings is 1. The lowest BCUT2D eigenvalue weighted by Gasteiger charge is -2.48. The van der Waals surface area contributed by atoms with Gasteiger partial charge < -0.3 is 24.5 Å². The lowest BCUT2D eigenvalue weighted by Crippen LogP contribution is -2.52. The molecule has 1 amide bonds. The smallest absolute Gasteiger partial charge is 0.270 e. The molecule has 4 rings (SSSR count). The first-order valence-corrected chi connectivity index (χ1v) is 9.96. The second-order valence-electron chi connectivity index (χ2n) is 7.87. The molecule has 2 atom stereocenters. The Bertz CT molecular complexity index is 918. The fourth-order valence-electron chi connectivity index (χ4n) is 4.38. The van der Waals surface area contributed by atoms with E-state index in [9.17, 15) is 14.7 Å². The number of pyridine rings is 1. The lowest BCUT2D eigenvalue weighted by atomic mass is 9.81. The van der Waals surface area contributed by atoms with E-state index in [1.165, 1.54) is 19.4 Å². The summed E-state index contributed by atoms with van der Waals surface area (Å²) in [5.41, 5.74) is 0.563. The maximum atomic E-state index is 12.8. The molecule has 0 bridgehead atoms. The number of ether oxygens (including phenoxy) is 2. The van der Waals surface area contributed by atoms with E-state index in [0.29, 0.717) is 38.8 Å². The zero-order valence-corrected chi connectivity index (χ0v) is 16.5. The number of likely N-dealkylation sites (tertiary alicyclic amines) is 1. The van der Waals surface area contributed by atoms with Gasteiger partial charge in [0, 0.05) is 38.2 Å². The Morgan fingerprint density at radius 1 is 1.28 bits per heavy atom. The molecule has 2 saturated heterocycles. The summed E-state index contributed by atoms with van der Waals surface area (Å²) in [6.07, 6.45) is 3.32. The molecule has 0 unspecified atom stereocenters. The molecule has 1 aromatic carbocycles. The van der Waals surface area contributed by atoms with Crippen LogP contribution in [0.1, 0.15) is 47.8 Å².